The van der Waals surface area contributed by atoms with E-state index in [-0.39, 0.29) is 12.4 Å². The molecule has 26 heavy (non-hydrogen) atoms. The summed E-state index contributed by atoms with van der Waals surface area (Å²) in [7, 11) is 4.39. The third kappa shape index (κ3) is 5.60. The summed E-state index contributed by atoms with van der Waals surface area (Å²) in [6.45, 7) is 7.94. The van der Waals surface area contributed by atoms with Crippen molar-refractivity contribution in [1.82, 2.24) is 0 Å². The Morgan fingerprint density at radius 2 is 1.58 bits per heavy atom. The van der Waals surface area contributed by atoms with Crippen molar-refractivity contribution in [1.29, 1.82) is 0 Å². The monoisotopic (exact) mass is 375 g/mol. The predicted octanol–water partition coefficient (Wildman–Crippen LogP) is 1.65. The average molecular weight is 376 g/mol. The van der Waals surface area contributed by atoms with Gasteiger partial charge in [-0.15, -0.1) is 6.58 Å². The van der Waals surface area contributed by atoms with Gasteiger partial charge in [-0.25, -0.2) is 0 Å². The van der Waals surface area contributed by atoms with Crippen LogP contribution in [-0.4, -0.2) is 37.5 Å². The molecule has 2 aromatic carbocycles. The summed E-state index contributed by atoms with van der Waals surface area (Å²) in [5.41, 5.74) is 0.780. The Morgan fingerprint density at radius 1 is 1.00 bits per heavy atom. The van der Waals surface area contributed by atoms with Gasteiger partial charge in [0.2, 0.25) is 5.72 Å². The van der Waals surface area contributed by atoms with Crippen molar-refractivity contribution in [2.45, 2.75) is 25.6 Å². The molecule has 1 atom stereocenters. The van der Waals surface area contributed by atoms with Gasteiger partial charge in [0.15, 0.2) is 6.61 Å². The second-order valence-corrected chi connectivity index (χ2v) is 6.80. The second kappa shape index (κ2) is 10.4. The standard InChI is InChI=1S/C22H30NO2.ClH/c1-5-17-22(25-6-2,19-24-21-15-11-8-12-16-21)23(3,4)18-20-13-9-7-10-14-20;/h5,7-16H,1,6,17-19H2,2-4H3;1H/q+1;/p-1. The number of nitrogens with zero attached hydrogens (tertiary/aromatic N) is 1. The summed E-state index contributed by atoms with van der Waals surface area (Å²) in [5.74, 6) is 0.857. The molecule has 0 aliphatic carbocycles. The van der Waals surface area contributed by atoms with Gasteiger partial charge in [0.05, 0.1) is 27.1 Å². The second-order valence-electron chi connectivity index (χ2n) is 6.80. The lowest BCUT2D eigenvalue weighted by atomic mass is 10.0. The maximum absolute atomic E-state index is 6.30. The zero-order chi connectivity index (χ0) is 18.2. The number of hydrogen-bond acceptors (Lipinski definition) is 2. The summed E-state index contributed by atoms with van der Waals surface area (Å²) in [5, 5.41) is 0. The van der Waals surface area contributed by atoms with E-state index in [4.69, 9.17) is 9.47 Å². The molecule has 0 aliphatic rings. The highest BCUT2D eigenvalue weighted by atomic mass is 35.5. The first-order valence-corrected chi connectivity index (χ1v) is 8.83. The van der Waals surface area contributed by atoms with Gasteiger partial charge in [0.25, 0.3) is 0 Å². The molecule has 0 bridgehead atoms. The molecular weight excluding hydrogens is 346 g/mol. The Morgan fingerprint density at radius 3 is 2.12 bits per heavy atom. The predicted molar refractivity (Wildman–Crippen MR) is 103 cm³/mol. The van der Waals surface area contributed by atoms with Gasteiger partial charge in [0, 0.05) is 5.56 Å². The summed E-state index contributed by atoms with van der Waals surface area (Å²) in [4.78, 5) is 0. The SMILES string of the molecule is C=CCC(COc1ccccc1)(OCC)[N+](C)(C)Cc1ccccc1.[Cl-]. The van der Waals surface area contributed by atoms with Crippen molar-refractivity contribution < 1.29 is 26.4 Å². The van der Waals surface area contributed by atoms with Crippen LogP contribution in [0.3, 0.4) is 0 Å². The molecule has 0 spiro atoms. The van der Waals surface area contributed by atoms with Crippen molar-refractivity contribution in [3.05, 3.63) is 78.9 Å². The van der Waals surface area contributed by atoms with E-state index in [1.54, 1.807) is 0 Å². The van der Waals surface area contributed by atoms with Crippen LogP contribution >= 0.6 is 0 Å². The summed E-state index contributed by atoms with van der Waals surface area (Å²) >= 11 is 0. The number of quaternary nitrogens is 1. The highest BCUT2D eigenvalue weighted by molar-refractivity contribution is 5.21. The number of para-hydroxylation sites is 1. The third-order valence-corrected chi connectivity index (χ3v) is 4.61. The van der Waals surface area contributed by atoms with E-state index in [9.17, 15) is 0 Å². The number of halogens is 1. The maximum Gasteiger partial charge on any atom is 0.241 e. The Balaban J connectivity index is 0.00000338. The summed E-state index contributed by atoms with van der Waals surface area (Å²) < 4.78 is 13.1. The van der Waals surface area contributed by atoms with Crippen LogP contribution in [0.15, 0.2) is 73.3 Å². The van der Waals surface area contributed by atoms with E-state index < -0.39 is 5.72 Å². The highest BCUT2D eigenvalue weighted by Crippen LogP contribution is 2.31. The van der Waals surface area contributed by atoms with Crippen LogP contribution in [0.1, 0.15) is 18.9 Å². The first kappa shape index (κ1) is 22.2. The minimum atomic E-state index is -0.498. The molecule has 0 saturated carbocycles. The minimum absolute atomic E-state index is 0. The molecule has 4 heteroatoms. The van der Waals surface area contributed by atoms with Gasteiger partial charge < -0.3 is 21.9 Å². The lowest BCUT2D eigenvalue weighted by Gasteiger charge is -2.47. The van der Waals surface area contributed by atoms with Crippen molar-refractivity contribution in [3.63, 3.8) is 0 Å². The van der Waals surface area contributed by atoms with E-state index in [0.29, 0.717) is 24.1 Å². The minimum Gasteiger partial charge on any atom is -1.00 e. The van der Waals surface area contributed by atoms with Gasteiger partial charge >= 0.3 is 0 Å². The van der Waals surface area contributed by atoms with E-state index in [0.717, 1.165) is 12.3 Å². The molecule has 2 rings (SSSR count). The lowest BCUT2D eigenvalue weighted by molar-refractivity contribution is -0.979. The Labute approximate surface area is 164 Å². The van der Waals surface area contributed by atoms with Crippen LogP contribution in [0.2, 0.25) is 0 Å². The number of rotatable bonds is 10. The molecule has 0 N–H and O–H groups in total. The fourth-order valence-electron chi connectivity index (χ4n) is 3.15. The molecule has 1 unspecified atom stereocenters. The van der Waals surface area contributed by atoms with E-state index >= 15 is 0 Å². The topological polar surface area (TPSA) is 18.5 Å². The van der Waals surface area contributed by atoms with E-state index in [2.05, 4.69) is 44.9 Å². The van der Waals surface area contributed by atoms with Gasteiger partial charge in [-0.2, -0.15) is 0 Å². The normalized spacial score (nSPS) is 13.3. The van der Waals surface area contributed by atoms with Crippen LogP contribution < -0.4 is 17.1 Å². The molecule has 0 heterocycles. The molecule has 0 fully saturated rings. The Kier molecular flexibility index (Phi) is 8.86. The first-order chi connectivity index (χ1) is 12.0. The molecule has 0 aliphatic heterocycles. The van der Waals surface area contributed by atoms with Gasteiger partial charge in [-0.1, -0.05) is 54.6 Å². The van der Waals surface area contributed by atoms with Crippen molar-refractivity contribution in [2.24, 2.45) is 0 Å². The molecule has 2 aromatic rings. The molecular formula is C22H30ClNO2. The molecule has 3 nitrogen and oxygen atoms in total. The maximum atomic E-state index is 6.30. The van der Waals surface area contributed by atoms with Crippen molar-refractivity contribution in [2.75, 3.05) is 27.3 Å². The number of hydrogen-bond donors (Lipinski definition) is 0. The summed E-state index contributed by atoms with van der Waals surface area (Å²) in [6.07, 6.45) is 2.64. The fourth-order valence-corrected chi connectivity index (χ4v) is 3.15. The molecule has 0 radical (unpaired) electrons. The zero-order valence-electron chi connectivity index (χ0n) is 16.0. The molecule has 0 aromatic heterocycles. The molecule has 0 saturated heterocycles. The van der Waals surface area contributed by atoms with Crippen LogP contribution in [0.25, 0.3) is 0 Å². The highest BCUT2D eigenvalue weighted by Gasteiger charge is 2.47. The van der Waals surface area contributed by atoms with Gasteiger partial charge in [0.1, 0.15) is 12.3 Å². The molecule has 0 amide bonds. The largest absolute Gasteiger partial charge is 1.00 e. The average Bonchev–Trinajstić information content (AvgIpc) is 2.61. The molecule has 142 valence electrons. The zero-order valence-corrected chi connectivity index (χ0v) is 16.8. The van der Waals surface area contributed by atoms with Crippen LogP contribution in [0.5, 0.6) is 5.75 Å². The quantitative estimate of drug-likeness (QED) is 0.357. The van der Waals surface area contributed by atoms with Crippen LogP contribution in [-0.2, 0) is 11.3 Å². The van der Waals surface area contributed by atoms with Gasteiger partial charge in [-0.05, 0) is 19.1 Å². The third-order valence-electron chi connectivity index (χ3n) is 4.61. The Bertz CT molecular complexity index is 646. The number of benzene rings is 2. The fraction of sp³-hybridized carbons (Fsp3) is 0.364. The Hall–Kier alpha value is -1.81. The summed E-state index contributed by atoms with van der Waals surface area (Å²) in [6, 6.07) is 20.4. The van der Waals surface area contributed by atoms with Crippen LogP contribution in [0.4, 0.5) is 0 Å². The first-order valence-electron chi connectivity index (χ1n) is 8.83. The smallest absolute Gasteiger partial charge is 0.241 e. The van der Waals surface area contributed by atoms with Crippen molar-refractivity contribution >= 4 is 0 Å². The van der Waals surface area contributed by atoms with E-state index in [1.165, 1.54) is 5.56 Å². The number of ether oxygens (including phenoxy) is 2. The lowest BCUT2D eigenvalue weighted by Crippen LogP contribution is -3.00. The van der Waals surface area contributed by atoms with Crippen LogP contribution in [0, 0.1) is 0 Å². The van der Waals surface area contributed by atoms with E-state index in [1.807, 2.05) is 49.4 Å². The van der Waals surface area contributed by atoms with Crippen molar-refractivity contribution in [3.8, 4) is 5.75 Å². The number of likely N-dealkylation sites (N-methyl/N-ethyl adjacent to an activating group) is 1. The van der Waals surface area contributed by atoms with Gasteiger partial charge in [-0.3, -0.25) is 4.48 Å².